The van der Waals surface area contributed by atoms with Crippen molar-refractivity contribution in [3.8, 4) is 0 Å². The number of carbonyl (C=O) groups excluding carboxylic acids is 2. The Kier molecular flexibility index (Phi) is 7.38. The maximum absolute atomic E-state index is 13.6. The van der Waals surface area contributed by atoms with Crippen LogP contribution in [0.25, 0.3) is 0 Å². The lowest BCUT2D eigenvalue weighted by atomic mass is 9.87. The number of sulfonamides is 1. The zero-order chi connectivity index (χ0) is 25.3. The lowest BCUT2D eigenvalue weighted by molar-refractivity contribution is -0.127. The topological polar surface area (TPSA) is 97.7 Å². The molecule has 1 unspecified atom stereocenters. The Bertz CT molecular complexity index is 1230. The normalized spacial score (nSPS) is 19.3. The van der Waals surface area contributed by atoms with Crippen LogP contribution in [-0.2, 0) is 33.0 Å². The quantitative estimate of drug-likeness (QED) is 0.612. The average Bonchev–Trinajstić information content (AvgIpc) is 3.09. The van der Waals surface area contributed by atoms with E-state index in [0.717, 1.165) is 19.3 Å². The summed E-state index contributed by atoms with van der Waals surface area (Å²) in [6.45, 7) is 5.74. The minimum Gasteiger partial charge on any atom is -0.462 e. The highest BCUT2D eigenvalue weighted by atomic mass is 32.2. The summed E-state index contributed by atoms with van der Waals surface area (Å²) >= 11 is 0. The van der Waals surface area contributed by atoms with Gasteiger partial charge in [-0.15, -0.1) is 0 Å². The van der Waals surface area contributed by atoms with E-state index >= 15 is 0 Å². The van der Waals surface area contributed by atoms with Crippen molar-refractivity contribution in [2.45, 2.75) is 63.8 Å². The van der Waals surface area contributed by atoms with Gasteiger partial charge in [0, 0.05) is 37.4 Å². The second kappa shape index (κ2) is 10.1. The number of benzene rings is 1. The van der Waals surface area contributed by atoms with Crippen molar-refractivity contribution in [1.82, 2.24) is 14.2 Å². The number of piperidine rings is 1. The number of rotatable bonds is 6. The highest BCUT2D eigenvalue weighted by Crippen LogP contribution is 2.33. The summed E-state index contributed by atoms with van der Waals surface area (Å²) in [4.78, 5) is 25.7. The third-order valence-electron chi connectivity index (χ3n) is 7.51. The summed E-state index contributed by atoms with van der Waals surface area (Å²) in [5.74, 6) is -0.879. The SMILES string of the molecule is CCOC(=O)c1c(S(=O)(=O)N2CCC(C(=O)NC3CCCc4ccccc43)CC2)c(C)n(C)c1C. The molecule has 0 spiro atoms. The smallest absolute Gasteiger partial charge is 0.341 e. The summed E-state index contributed by atoms with van der Waals surface area (Å²) in [5, 5.41) is 3.22. The van der Waals surface area contributed by atoms with Crippen molar-refractivity contribution in [3.63, 3.8) is 0 Å². The van der Waals surface area contributed by atoms with Crippen LogP contribution in [0.1, 0.15) is 71.5 Å². The lowest BCUT2D eigenvalue weighted by Gasteiger charge is -2.33. The molecule has 1 N–H and O–H groups in total. The van der Waals surface area contributed by atoms with E-state index in [4.69, 9.17) is 4.74 Å². The largest absolute Gasteiger partial charge is 0.462 e. The molecule has 0 radical (unpaired) electrons. The Labute approximate surface area is 207 Å². The molecule has 8 nitrogen and oxygen atoms in total. The first-order valence-corrected chi connectivity index (χ1v) is 13.8. The number of carbonyl (C=O) groups is 2. The standard InChI is InChI=1S/C26H35N3O5S/c1-5-34-26(31)23-17(2)28(4)18(3)24(23)35(32,33)29-15-13-20(14-16-29)25(30)27-22-12-8-10-19-9-6-7-11-21(19)22/h6-7,9,11,20,22H,5,8,10,12-16H2,1-4H3,(H,27,30). The summed E-state index contributed by atoms with van der Waals surface area (Å²) in [7, 11) is -2.18. The maximum Gasteiger partial charge on any atom is 0.341 e. The van der Waals surface area contributed by atoms with Crippen LogP contribution in [0.2, 0.25) is 0 Å². The molecule has 0 bridgehead atoms. The van der Waals surface area contributed by atoms with Crippen LogP contribution in [0.5, 0.6) is 0 Å². The fourth-order valence-electron chi connectivity index (χ4n) is 5.36. The van der Waals surface area contributed by atoms with Crippen LogP contribution < -0.4 is 5.32 Å². The molecule has 2 aliphatic rings. The number of nitrogens with zero attached hydrogens (tertiary/aromatic N) is 2. The Balaban J connectivity index is 1.47. The monoisotopic (exact) mass is 501 g/mol. The van der Waals surface area contributed by atoms with E-state index in [1.54, 1.807) is 32.4 Å². The van der Waals surface area contributed by atoms with Gasteiger partial charge in [0.25, 0.3) is 0 Å². The van der Waals surface area contributed by atoms with Crippen LogP contribution in [0.4, 0.5) is 0 Å². The summed E-state index contributed by atoms with van der Waals surface area (Å²) in [6, 6.07) is 8.25. The van der Waals surface area contributed by atoms with Gasteiger partial charge in [-0.2, -0.15) is 4.31 Å². The van der Waals surface area contributed by atoms with Crippen molar-refractivity contribution in [2.75, 3.05) is 19.7 Å². The molecule has 1 saturated heterocycles. The molecule has 1 aromatic carbocycles. The molecule has 9 heteroatoms. The van der Waals surface area contributed by atoms with Crippen molar-refractivity contribution >= 4 is 21.9 Å². The molecular weight excluding hydrogens is 466 g/mol. The van der Waals surface area contributed by atoms with Gasteiger partial charge in [0.05, 0.1) is 12.6 Å². The second-order valence-electron chi connectivity index (χ2n) is 9.49. The van der Waals surface area contributed by atoms with Crippen molar-refractivity contribution < 1.29 is 22.7 Å². The van der Waals surface area contributed by atoms with E-state index in [-0.39, 0.29) is 48.0 Å². The first-order chi connectivity index (χ1) is 16.7. The van der Waals surface area contributed by atoms with E-state index in [1.807, 2.05) is 12.1 Å². The number of nitrogens with one attached hydrogen (secondary N) is 1. The predicted molar refractivity (Wildman–Crippen MR) is 133 cm³/mol. The zero-order valence-corrected chi connectivity index (χ0v) is 21.8. The van der Waals surface area contributed by atoms with Crippen molar-refractivity contribution in [1.29, 1.82) is 0 Å². The molecule has 35 heavy (non-hydrogen) atoms. The molecule has 1 aliphatic heterocycles. The minimum absolute atomic E-state index is 0.0105. The van der Waals surface area contributed by atoms with Crippen molar-refractivity contribution in [2.24, 2.45) is 13.0 Å². The average molecular weight is 502 g/mol. The number of aromatic nitrogens is 1. The van der Waals surface area contributed by atoms with Crippen LogP contribution in [0.3, 0.4) is 0 Å². The molecule has 1 fully saturated rings. The molecule has 2 heterocycles. The van der Waals surface area contributed by atoms with Gasteiger partial charge < -0.3 is 14.6 Å². The Morgan fingerprint density at radius 3 is 2.46 bits per heavy atom. The van der Waals surface area contributed by atoms with E-state index in [2.05, 4.69) is 17.4 Å². The molecule has 2 aromatic rings. The number of esters is 1. The number of fused-ring (bicyclic) bond motifs is 1. The molecule has 1 amide bonds. The van der Waals surface area contributed by atoms with Crippen LogP contribution in [0, 0.1) is 19.8 Å². The highest BCUT2D eigenvalue weighted by Gasteiger charge is 2.38. The molecule has 4 rings (SSSR count). The number of aryl methyl sites for hydroxylation is 1. The predicted octanol–water partition coefficient (Wildman–Crippen LogP) is 3.41. The van der Waals surface area contributed by atoms with Gasteiger partial charge in [-0.1, -0.05) is 24.3 Å². The zero-order valence-electron chi connectivity index (χ0n) is 21.0. The molecule has 0 saturated carbocycles. The molecule has 190 valence electrons. The van der Waals surface area contributed by atoms with Crippen LogP contribution >= 0.6 is 0 Å². The summed E-state index contributed by atoms with van der Waals surface area (Å²) in [6.07, 6.45) is 3.87. The fraction of sp³-hybridized carbons (Fsp3) is 0.538. The van der Waals surface area contributed by atoms with E-state index in [0.29, 0.717) is 24.2 Å². The van der Waals surface area contributed by atoms with E-state index in [1.165, 1.54) is 15.4 Å². The Hall–Kier alpha value is -2.65. The summed E-state index contributed by atoms with van der Waals surface area (Å²) < 4.78 is 35.5. The number of ether oxygens (including phenoxy) is 1. The maximum atomic E-state index is 13.6. The summed E-state index contributed by atoms with van der Waals surface area (Å²) in [5.41, 5.74) is 3.63. The van der Waals surface area contributed by atoms with Gasteiger partial charge in [0.15, 0.2) is 0 Å². The second-order valence-corrected chi connectivity index (χ2v) is 11.4. The fourth-order valence-corrected chi connectivity index (χ4v) is 7.31. The van der Waals surface area contributed by atoms with Crippen molar-refractivity contribution in [3.05, 3.63) is 52.3 Å². The molecule has 1 aliphatic carbocycles. The Morgan fingerprint density at radius 2 is 1.77 bits per heavy atom. The number of amides is 1. The van der Waals surface area contributed by atoms with Gasteiger partial charge in [-0.25, -0.2) is 13.2 Å². The highest BCUT2D eigenvalue weighted by molar-refractivity contribution is 7.89. The minimum atomic E-state index is -3.92. The van der Waals surface area contributed by atoms with Gasteiger partial charge in [0.2, 0.25) is 15.9 Å². The Morgan fingerprint density at radius 1 is 1.09 bits per heavy atom. The third-order valence-corrected chi connectivity index (χ3v) is 9.57. The van der Waals surface area contributed by atoms with Crippen LogP contribution in [-0.4, -0.2) is 48.9 Å². The number of hydrogen-bond acceptors (Lipinski definition) is 5. The van der Waals surface area contributed by atoms with E-state index in [9.17, 15) is 18.0 Å². The molecule has 1 aromatic heterocycles. The van der Waals surface area contributed by atoms with Crippen LogP contribution in [0.15, 0.2) is 29.2 Å². The van der Waals surface area contributed by atoms with Gasteiger partial charge in [0.1, 0.15) is 10.5 Å². The first-order valence-electron chi connectivity index (χ1n) is 12.4. The van der Waals surface area contributed by atoms with Gasteiger partial charge in [-0.3, -0.25) is 4.79 Å². The lowest BCUT2D eigenvalue weighted by Crippen LogP contribution is -2.44. The molecule has 1 atom stereocenters. The van der Waals surface area contributed by atoms with Gasteiger partial charge in [-0.05, 0) is 64.0 Å². The van der Waals surface area contributed by atoms with Gasteiger partial charge >= 0.3 is 5.97 Å². The number of hydrogen-bond donors (Lipinski definition) is 1. The third kappa shape index (κ3) is 4.76. The van der Waals surface area contributed by atoms with E-state index < -0.39 is 16.0 Å². The first kappa shape index (κ1) is 25.4. The molecular formula is C26H35N3O5S.